The lowest BCUT2D eigenvalue weighted by atomic mass is 10.2. The maximum absolute atomic E-state index is 12.1. The molecule has 0 aliphatic carbocycles. The van der Waals surface area contributed by atoms with E-state index in [9.17, 15) is 9.59 Å². The molecule has 1 aromatic carbocycles. The zero-order valence-corrected chi connectivity index (χ0v) is 16.0. The summed E-state index contributed by atoms with van der Waals surface area (Å²) in [6.07, 6.45) is 1.76. The summed E-state index contributed by atoms with van der Waals surface area (Å²) in [6, 6.07) is 8.66. The van der Waals surface area contributed by atoms with Crippen molar-refractivity contribution in [2.45, 2.75) is 40.0 Å². The number of aryl methyl sites for hydroxylation is 2. The Balaban J connectivity index is 1.77. The quantitative estimate of drug-likeness (QED) is 0.518. The SMILES string of the molecule is CCCOC(=O)c1cccc(NC(=O)CCCNc2nc(C)cc(C)n2)c1. The van der Waals surface area contributed by atoms with E-state index in [1.165, 1.54) is 0 Å². The summed E-state index contributed by atoms with van der Waals surface area (Å²) in [7, 11) is 0. The van der Waals surface area contributed by atoms with Crippen molar-refractivity contribution in [2.75, 3.05) is 23.8 Å². The summed E-state index contributed by atoms with van der Waals surface area (Å²) in [5.74, 6) is 0.0778. The highest BCUT2D eigenvalue weighted by atomic mass is 16.5. The van der Waals surface area contributed by atoms with E-state index in [1.54, 1.807) is 24.3 Å². The van der Waals surface area contributed by atoms with Gasteiger partial charge in [0.25, 0.3) is 0 Å². The average Bonchev–Trinajstić information content (AvgIpc) is 2.62. The molecule has 0 fully saturated rings. The van der Waals surface area contributed by atoms with E-state index in [4.69, 9.17) is 4.74 Å². The van der Waals surface area contributed by atoms with Crippen LogP contribution in [0.3, 0.4) is 0 Å². The number of nitrogens with one attached hydrogen (secondary N) is 2. The molecular weight excluding hydrogens is 344 g/mol. The molecule has 2 aromatic rings. The number of ether oxygens (including phenoxy) is 1. The normalized spacial score (nSPS) is 10.3. The summed E-state index contributed by atoms with van der Waals surface area (Å²) in [6.45, 7) is 6.75. The third kappa shape index (κ3) is 7.05. The third-order valence-electron chi connectivity index (χ3n) is 3.67. The van der Waals surface area contributed by atoms with Gasteiger partial charge < -0.3 is 15.4 Å². The summed E-state index contributed by atoms with van der Waals surface area (Å²) in [5.41, 5.74) is 2.81. The molecule has 1 aromatic heterocycles. The molecule has 1 heterocycles. The standard InChI is InChI=1S/C20H26N4O3/c1-4-11-27-19(26)16-7-5-8-17(13-16)24-18(25)9-6-10-21-20-22-14(2)12-15(3)23-20/h5,7-8,12-13H,4,6,9-11H2,1-3H3,(H,24,25)(H,21,22,23). The first-order chi connectivity index (χ1) is 13.0. The molecule has 7 heteroatoms. The number of anilines is 2. The van der Waals surface area contributed by atoms with Crippen molar-refractivity contribution >= 4 is 23.5 Å². The lowest BCUT2D eigenvalue weighted by Gasteiger charge is -2.09. The zero-order chi connectivity index (χ0) is 19.6. The van der Waals surface area contributed by atoms with Gasteiger partial charge in [0, 0.05) is 30.0 Å². The highest BCUT2D eigenvalue weighted by Gasteiger charge is 2.09. The molecule has 7 nitrogen and oxygen atoms in total. The van der Waals surface area contributed by atoms with Gasteiger partial charge in [-0.1, -0.05) is 13.0 Å². The Hall–Kier alpha value is -2.96. The molecular formula is C20H26N4O3. The van der Waals surface area contributed by atoms with Gasteiger partial charge in [-0.05, 0) is 51.0 Å². The number of hydrogen-bond acceptors (Lipinski definition) is 6. The van der Waals surface area contributed by atoms with Gasteiger partial charge in [-0.3, -0.25) is 4.79 Å². The predicted molar refractivity (Wildman–Crippen MR) is 105 cm³/mol. The minimum Gasteiger partial charge on any atom is -0.462 e. The van der Waals surface area contributed by atoms with Crippen LogP contribution in [0.5, 0.6) is 0 Å². The van der Waals surface area contributed by atoms with Crippen LogP contribution in [0.1, 0.15) is 47.9 Å². The van der Waals surface area contributed by atoms with Crippen LogP contribution in [0.4, 0.5) is 11.6 Å². The number of esters is 1. The van der Waals surface area contributed by atoms with Crippen molar-refractivity contribution in [2.24, 2.45) is 0 Å². The molecule has 0 atom stereocenters. The van der Waals surface area contributed by atoms with Gasteiger partial charge >= 0.3 is 5.97 Å². The maximum atomic E-state index is 12.1. The molecule has 0 saturated heterocycles. The number of hydrogen-bond donors (Lipinski definition) is 2. The van der Waals surface area contributed by atoms with Crippen LogP contribution >= 0.6 is 0 Å². The van der Waals surface area contributed by atoms with Gasteiger partial charge in [-0.15, -0.1) is 0 Å². The number of aromatic nitrogens is 2. The molecule has 0 radical (unpaired) electrons. The average molecular weight is 370 g/mol. The fourth-order valence-corrected chi connectivity index (χ4v) is 2.48. The minimum absolute atomic E-state index is 0.114. The van der Waals surface area contributed by atoms with Crippen molar-refractivity contribution in [1.29, 1.82) is 0 Å². The van der Waals surface area contributed by atoms with Crippen LogP contribution < -0.4 is 10.6 Å². The monoisotopic (exact) mass is 370 g/mol. The van der Waals surface area contributed by atoms with Gasteiger partial charge in [0.2, 0.25) is 11.9 Å². The Labute approximate surface area is 159 Å². The molecule has 0 spiro atoms. The molecule has 27 heavy (non-hydrogen) atoms. The third-order valence-corrected chi connectivity index (χ3v) is 3.67. The number of benzene rings is 1. The van der Waals surface area contributed by atoms with E-state index < -0.39 is 0 Å². The van der Waals surface area contributed by atoms with E-state index >= 15 is 0 Å². The Bertz CT molecular complexity index is 772. The van der Waals surface area contributed by atoms with Crippen molar-refractivity contribution < 1.29 is 14.3 Å². The molecule has 144 valence electrons. The van der Waals surface area contributed by atoms with Crippen molar-refractivity contribution in [3.8, 4) is 0 Å². The van der Waals surface area contributed by atoms with Crippen LogP contribution in [-0.2, 0) is 9.53 Å². The molecule has 0 unspecified atom stereocenters. The van der Waals surface area contributed by atoms with E-state index in [0.717, 1.165) is 17.8 Å². The second-order valence-corrected chi connectivity index (χ2v) is 6.27. The fourth-order valence-electron chi connectivity index (χ4n) is 2.48. The van der Waals surface area contributed by atoms with Gasteiger partial charge in [0.05, 0.1) is 12.2 Å². The summed E-state index contributed by atoms with van der Waals surface area (Å²) < 4.78 is 5.10. The Morgan fingerprint density at radius 2 is 1.85 bits per heavy atom. The first kappa shape index (κ1) is 20.4. The number of rotatable bonds is 9. The van der Waals surface area contributed by atoms with Crippen molar-refractivity contribution in [3.63, 3.8) is 0 Å². The van der Waals surface area contributed by atoms with E-state index in [1.807, 2.05) is 26.8 Å². The van der Waals surface area contributed by atoms with Gasteiger partial charge in [0.1, 0.15) is 0 Å². The summed E-state index contributed by atoms with van der Waals surface area (Å²) in [4.78, 5) is 32.6. The Morgan fingerprint density at radius 1 is 1.11 bits per heavy atom. The molecule has 0 saturated carbocycles. The van der Waals surface area contributed by atoms with Crippen molar-refractivity contribution in [3.05, 3.63) is 47.3 Å². The number of nitrogens with zero attached hydrogens (tertiary/aromatic N) is 2. The van der Waals surface area contributed by atoms with E-state index in [0.29, 0.717) is 43.2 Å². The summed E-state index contributed by atoms with van der Waals surface area (Å²) in [5, 5.41) is 5.93. The first-order valence-corrected chi connectivity index (χ1v) is 9.11. The van der Waals surface area contributed by atoms with Crippen LogP contribution in [-0.4, -0.2) is 35.0 Å². The van der Waals surface area contributed by atoms with Gasteiger partial charge in [-0.25, -0.2) is 14.8 Å². The second-order valence-electron chi connectivity index (χ2n) is 6.27. The molecule has 0 bridgehead atoms. The molecule has 0 aliphatic rings. The summed E-state index contributed by atoms with van der Waals surface area (Å²) >= 11 is 0. The Kier molecular flexibility index (Phi) is 7.73. The number of amides is 1. The highest BCUT2D eigenvalue weighted by Crippen LogP contribution is 2.13. The number of carbonyl (C=O) groups is 2. The van der Waals surface area contributed by atoms with Gasteiger partial charge in [0.15, 0.2) is 0 Å². The molecule has 2 N–H and O–H groups in total. The number of carbonyl (C=O) groups excluding carboxylic acids is 2. The van der Waals surface area contributed by atoms with Crippen LogP contribution in [0.2, 0.25) is 0 Å². The zero-order valence-electron chi connectivity index (χ0n) is 16.0. The van der Waals surface area contributed by atoms with Crippen LogP contribution in [0.15, 0.2) is 30.3 Å². The lowest BCUT2D eigenvalue weighted by molar-refractivity contribution is -0.116. The lowest BCUT2D eigenvalue weighted by Crippen LogP contribution is -2.15. The maximum Gasteiger partial charge on any atom is 0.338 e. The first-order valence-electron chi connectivity index (χ1n) is 9.11. The minimum atomic E-state index is -0.384. The van der Waals surface area contributed by atoms with Crippen LogP contribution in [0.25, 0.3) is 0 Å². The highest BCUT2D eigenvalue weighted by molar-refractivity contribution is 5.94. The topological polar surface area (TPSA) is 93.2 Å². The molecule has 2 rings (SSSR count). The van der Waals surface area contributed by atoms with E-state index in [-0.39, 0.29) is 11.9 Å². The smallest absolute Gasteiger partial charge is 0.338 e. The van der Waals surface area contributed by atoms with E-state index in [2.05, 4.69) is 20.6 Å². The second kappa shape index (κ2) is 10.3. The van der Waals surface area contributed by atoms with Gasteiger partial charge in [-0.2, -0.15) is 0 Å². The fraction of sp³-hybridized carbons (Fsp3) is 0.400. The molecule has 0 aliphatic heterocycles. The molecule has 1 amide bonds. The van der Waals surface area contributed by atoms with Crippen LogP contribution in [0, 0.1) is 13.8 Å². The largest absolute Gasteiger partial charge is 0.462 e. The van der Waals surface area contributed by atoms with Crippen molar-refractivity contribution in [1.82, 2.24) is 9.97 Å². The Morgan fingerprint density at radius 3 is 2.56 bits per heavy atom. The predicted octanol–water partition coefficient (Wildman–Crippen LogP) is 3.49.